The van der Waals surface area contributed by atoms with E-state index in [2.05, 4.69) is 0 Å². The van der Waals surface area contributed by atoms with Crippen LogP contribution in [0.5, 0.6) is 11.5 Å². The van der Waals surface area contributed by atoms with Crippen LogP contribution in [-0.2, 0) is 0 Å². The van der Waals surface area contributed by atoms with Crippen molar-refractivity contribution in [3.63, 3.8) is 0 Å². The van der Waals surface area contributed by atoms with Crippen molar-refractivity contribution in [2.24, 2.45) is 0 Å². The highest BCUT2D eigenvalue weighted by Gasteiger charge is 2.13. The molecule has 1 heterocycles. The number of hydrogen-bond acceptors (Lipinski definition) is 4. The molecule has 0 radical (unpaired) electrons. The van der Waals surface area contributed by atoms with Crippen LogP contribution in [0.3, 0.4) is 0 Å². The Hall–Kier alpha value is -2.20. The summed E-state index contributed by atoms with van der Waals surface area (Å²) in [5, 5.41) is 0.430. The summed E-state index contributed by atoms with van der Waals surface area (Å²) in [5.41, 5.74) is 0.736. The van der Waals surface area contributed by atoms with Crippen molar-refractivity contribution >= 4 is 23.5 Å². The number of carbonyl (C=O) groups is 1. The third kappa shape index (κ3) is 4.39. The molecule has 2 aromatic rings. The molecule has 5 heteroatoms. The molecule has 0 aliphatic carbocycles. The molecule has 0 bridgehead atoms. The van der Waals surface area contributed by atoms with Gasteiger partial charge in [-0.15, -0.1) is 0 Å². The number of methoxy groups -OCH3 is 1. The highest BCUT2D eigenvalue weighted by molar-refractivity contribution is 6.32. The van der Waals surface area contributed by atoms with E-state index in [-0.39, 0.29) is 11.9 Å². The largest absolute Gasteiger partial charge is 0.493 e. The minimum atomic E-state index is -0.212. The van der Waals surface area contributed by atoms with E-state index in [0.29, 0.717) is 28.0 Å². The average molecular weight is 335 g/mol. The van der Waals surface area contributed by atoms with Crippen molar-refractivity contribution in [3.8, 4) is 11.5 Å². The van der Waals surface area contributed by atoms with Gasteiger partial charge in [0.1, 0.15) is 5.76 Å². The second-order valence-electron chi connectivity index (χ2n) is 5.31. The quantitative estimate of drug-likeness (QED) is 0.555. The van der Waals surface area contributed by atoms with E-state index < -0.39 is 0 Å². The van der Waals surface area contributed by atoms with E-state index >= 15 is 0 Å². The number of aryl methyl sites for hydroxylation is 1. The molecule has 0 saturated heterocycles. The number of hydrogen-bond donors (Lipinski definition) is 0. The Labute approximate surface area is 140 Å². The molecule has 0 fully saturated rings. The number of benzene rings is 1. The van der Waals surface area contributed by atoms with E-state index in [1.807, 2.05) is 13.8 Å². The number of carbonyl (C=O) groups excluding carboxylic acids is 1. The van der Waals surface area contributed by atoms with Crippen LogP contribution in [0.25, 0.3) is 6.08 Å². The van der Waals surface area contributed by atoms with E-state index in [4.69, 9.17) is 25.5 Å². The molecule has 4 nitrogen and oxygen atoms in total. The van der Waals surface area contributed by atoms with Crippen LogP contribution in [0.4, 0.5) is 0 Å². The number of ether oxygens (including phenoxy) is 2. The monoisotopic (exact) mass is 334 g/mol. The maximum Gasteiger partial charge on any atom is 0.221 e. The first-order valence-electron chi connectivity index (χ1n) is 7.23. The predicted molar refractivity (Wildman–Crippen MR) is 90.6 cm³/mol. The van der Waals surface area contributed by atoms with Gasteiger partial charge in [-0.3, -0.25) is 4.79 Å². The minimum absolute atomic E-state index is 0.0217. The summed E-state index contributed by atoms with van der Waals surface area (Å²) in [4.78, 5) is 12.0. The summed E-state index contributed by atoms with van der Waals surface area (Å²) < 4.78 is 16.3. The van der Waals surface area contributed by atoms with E-state index in [0.717, 1.165) is 5.56 Å². The standard InChI is InChI=1S/C18H19ClO4/c1-11(2)22-18-14(19)9-13(10-17(18)21-4)6-7-15(20)16-8-5-12(3)23-16/h5-11H,1-4H3. The SMILES string of the molecule is COc1cc(C=CC(=O)c2ccc(C)o2)cc(Cl)c1OC(C)C. The average Bonchev–Trinajstić information content (AvgIpc) is 2.93. The zero-order chi connectivity index (χ0) is 17.0. The van der Waals surface area contributed by atoms with Crippen LogP contribution in [0.15, 0.2) is 34.8 Å². The van der Waals surface area contributed by atoms with Gasteiger partial charge in [-0.1, -0.05) is 17.7 Å². The van der Waals surface area contributed by atoms with Gasteiger partial charge in [0.15, 0.2) is 17.3 Å². The molecule has 122 valence electrons. The van der Waals surface area contributed by atoms with Crippen molar-refractivity contribution in [3.05, 3.63) is 52.4 Å². The Morgan fingerprint density at radius 1 is 1.30 bits per heavy atom. The molecule has 0 spiro atoms. The summed E-state index contributed by atoms with van der Waals surface area (Å²) in [6.07, 6.45) is 3.08. The molecular weight excluding hydrogens is 316 g/mol. The van der Waals surface area contributed by atoms with E-state index in [9.17, 15) is 4.79 Å². The number of furan rings is 1. The van der Waals surface area contributed by atoms with Crippen LogP contribution in [0.2, 0.25) is 5.02 Å². The Morgan fingerprint density at radius 3 is 2.61 bits per heavy atom. The van der Waals surface area contributed by atoms with Crippen molar-refractivity contribution in [1.29, 1.82) is 0 Å². The molecule has 23 heavy (non-hydrogen) atoms. The molecule has 0 saturated carbocycles. The fourth-order valence-corrected chi connectivity index (χ4v) is 2.27. The predicted octanol–water partition coefficient (Wildman–Crippen LogP) is 4.93. The van der Waals surface area contributed by atoms with Gasteiger partial charge in [0.2, 0.25) is 5.78 Å². The van der Waals surface area contributed by atoms with Crippen molar-refractivity contribution in [2.45, 2.75) is 26.9 Å². The lowest BCUT2D eigenvalue weighted by Gasteiger charge is -2.15. The first-order valence-corrected chi connectivity index (χ1v) is 7.61. The lowest BCUT2D eigenvalue weighted by Crippen LogP contribution is -2.07. The summed E-state index contributed by atoms with van der Waals surface area (Å²) in [6, 6.07) is 6.88. The van der Waals surface area contributed by atoms with Gasteiger partial charge in [-0.05, 0) is 56.7 Å². The summed E-state index contributed by atoms with van der Waals surface area (Å²) in [7, 11) is 1.54. The van der Waals surface area contributed by atoms with Crippen LogP contribution in [0, 0.1) is 6.92 Å². The minimum Gasteiger partial charge on any atom is -0.493 e. The molecule has 0 aliphatic heterocycles. The molecular formula is C18H19ClO4. The first-order chi connectivity index (χ1) is 10.9. The van der Waals surface area contributed by atoms with E-state index in [1.54, 1.807) is 44.4 Å². The fraction of sp³-hybridized carbons (Fsp3) is 0.278. The number of halogens is 1. The van der Waals surface area contributed by atoms with Crippen molar-refractivity contribution < 1.29 is 18.7 Å². The maximum atomic E-state index is 12.0. The molecule has 1 aromatic carbocycles. The third-order valence-corrected chi connectivity index (χ3v) is 3.30. The highest BCUT2D eigenvalue weighted by atomic mass is 35.5. The van der Waals surface area contributed by atoms with Gasteiger partial charge < -0.3 is 13.9 Å². The maximum absolute atomic E-state index is 12.0. The Morgan fingerprint density at radius 2 is 2.04 bits per heavy atom. The molecule has 0 N–H and O–H groups in total. The van der Waals surface area contributed by atoms with Gasteiger partial charge in [0.25, 0.3) is 0 Å². The summed E-state index contributed by atoms with van der Waals surface area (Å²) >= 11 is 6.25. The van der Waals surface area contributed by atoms with E-state index in [1.165, 1.54) is 6.08 Å². The van der Waals surface area contributed by atoms with Crippen molar-refractivity contribution in [1.82, 2.24) is 0 Å². The Kier molecular flexibility index (Phi) is 5.50. The topological polar surface area (TPSA) is 48.7 Å². The second kappa shape index (κ2) is 7.38. The zero-order valence-corrected chi connectivity index (χ0v) is 14.3. The number of ketones is 1. The van der Waals surface area contributed by atoms with Gasteiger partial charge >= 0.3 is 0 Å². The second-order valence-corrected chi connectivity index (χ2v) is 5.72. The number of rotatable bonds is 6. The highest BCUT2D eigenvalue weighted by Crippen LogP contribution is 2.37. The fourth-order valence-electron chi connectivity index (χ4n) is 2.01. The third-order valence-electron chi connectivity index (χ3n) is 3.02. The van der Waals surface area contributed by atoms with Crippen LogP contribution in [-0.4, -0.2) is 19.0 Å². The van der Waals surface area contributed by atoms with Crippen molar-refractivity contribution in [2.75, 3.05) is 7.11 Å². The Balaban J connectivity index is 2.25. The van der Waals surface area contributed by atoms with Crippen LogP contribution < -0.4 is 9.47 Å². The summed E-state index contributed by atoms with van der Waals surface area (Å²) in [6.45, 7) is 5.61. The smallest absolute Gasteiger partial charge is 0.221 e. The molecule has 1 aromatic heterocycles. The molecule has 0 aliphatic rings. The normalized spacial score (nSPS) is 11.2. The van der Waals surface area contributed by atoms with Gasteiger partial charge in [0, 0.05) is 0 Å². The zero-order valence-electron chi connectivity index (χ0n) is 13.6. The molecule has 0 amide bonds. The molecule has 0 unspecified atom stereocenters. The first kappa shape index (κ1) is 17.2. The lowest BCUT2D eigenvalue weighted by molar-refractivity contribution is 0.102. The van der Waals surface area contributed by atoms with Gasteiger partial charge in [-0.25, -0.2) is 0 Å². The Bertz CT molecular complexity index is 729. The summed E-state index contributed by atoms with van der Waals surface area (Å²) in [5.74, 6) is 1.80. The molecule has 0 atom stereocenters. The van der Waals surface area contributed by atoms with Crippen LogP contribution in [0.1, 0.15) is 35.7 Å². The molecule has 2 rings (SSSR count). The number of allylic oxidation sites excluding steroid dienone is 1. The van der Waals surface area contributed by atoms with Gasteiger partial charge in [-0.2, -0.15) is 0 Å². The van der Waals surface area contributed by atoms with Crippen LogP contribution >= 0.6 is 11.6 Å². The van der Waals surface area contributed by atoms with Gasteiger partial charge in [0.05, 0.1) is 18.2 Å². The lowest BCUT2D eigenvalue weighted by atomic mass is 10.1.